The van der Waals surface area contributed by atoms with Crippen LogP contribution in [0.15, 0.2) is 0 Å². The molecule has 6 nitrogen and oxygen atoms in total. The summed E-state index contributed by atoms with van der Waals surface area (Å²) in [5.41, 5.74) is 0. The molecular weight excluding hydrogens is 212 g/mol. The van der Waals surface area contributed by atoms with Crippen LogP contribution in [0.25, 0.3) is 0 Å². The number of nitrogens with zero attached hydrogens (tertiary/aromatic N) is 2. The minimum atomic E-state index is -1.34. The number of carbonyl (C=O) groups excluding carboxylic acids is 4. The van der Waals surface area contributed by atoms with E-state index in [2.05, 4.69) is 0 Å². The number of amides is 4. The van der Waals surface area contributed by atoms with Crippen molar-refractivity contribution in [1.29, 1.82) is 0 Å². The van der Waals surface area contributed by atoms with E-state index >= 15 is 0 Å². The van der Waals surface area contributed by atoms with Crippen LogP contribution in [0.1, 0.15) is 19.8 Å². The molecule has 0 unspecified atom stereocenters. The lowest BCUT2D eigenvalue weighted by atomic mass is 9.96. The lowest BCUT2D eigenvalue weighted by molar-refractivity contribution is -0.151. The summed E-state index contributed by atoms with van der Waals surface area (Å²) < 4.78 is 0. The summed E-state index contributed by atoms with van der Waals surface area (Å²) in [7, 11) is 2.53. The number of Topliss-reactive ketones (excluding diaryl/α,β-unsaturated/α-hetero) is 1. The fourth-order valence-corrected chi connectivity index (χ4v) is 1.57. The second-order valence-corrected chi connectivity index (χ2v) is 3.73. The second-order valence-electron chi connectivity index (χ2n) is 3.73. The van der Waals surface area contributed by atoms with Gasteiger partial charge in [0.2, 0.25) is 0 Å². The van der Waals surface area contributed by atoms with E-state index in [1.165, 1.54) is 14.1 Å². The topological polar surface area (TPSA) is 74.8 Å². The minimum absolute atomic E-state index is 0.165. The average molecular weight is 226 g/mol. The highest BCUT2D eigenvalue weighted by atomic mass is 16.2. The van der Waals surface area contributed by atoms with Gasteiger partial charge in [-0.05, 0) is 6.42 Å². The Hall–Kier alpha value is -1.72. The molecule has 0 N–H and O–H groups in total. The Balaban J connectivity index is 3.00. The molecule has 1 saturated heterocycles. The lowest BCUT2D eigenvalue weighted by Crippen LogP contribution is -2.58. The van der Waals surface area contributed by atoms with E-state index in [9.17, 15) is 19.2 Å². The van der Waals surface area contributed by atoms with E-state index in [0.717, 1.165) is 9.80 Å². The molecular formula is C10H14N2O4. The zero-order valence-corrected chi connectivity index (χ0v) is 9.52. The van der Waals surface area contributed by atoms with E-state index in [-0.39, 0.29) is 6.42 Å². The highest BCUT2D eigenvalue weighted by Gasteiger charge is 2.45. The predicted molar refractivity (Wildman–Crippen MR) is 54.3 cm³/mol. The molecule has 0 aromatic carbocycles. The molecule has 0 atom stereocenters. The van der Waals surface area contributed by atoms with E-state index in [4.69, 9.17) is 0 Å². The SMILES string of the molecule is CCCC(=O)C1C(=O)N(C)C(=O)N(C)C1=O. The first-order valence-electron chi connectivity index (χ1n) is 5.03. The van der Waals surface area contributed by atoms with E-state index < -0.39 is 29.5 Å². The second kappa shape index (κ2) is 4.42. The van der Waals surface area contributed by atoms with Gasteiger partial charge in [0.1, 0.15) is 0 Å². The highest BCUT2D eigenvalue weighted by molar-refractivity contribution is 6.26. The van der Waals surface area contributed by atoms with Gasteiger partial charge in [-0.3, -0.25) is 24.2 Å². The molecule has 1 heterocycles. The van der Waals surface area contributed by atoms with Gasteiger partial charge >= 0.3 is 6.03 Å². The van der Waals surface area contributed by atoms with Gasteiger partial charge < -0.3 is 0 Å². The first kappa shape index (κ1) is 12.4. The van der Waals surface area contributed by atoms with E-state index in [1.54, 1.807) is 6.92 Å². The van der Waals surface area contributed by atoms with Gasteiger partial charge in [0.25, 0.3) is 11.8 Å². The number of urea groups is 1. The van der Waals surface area contributed by atoms with Crippen LogP contribution >= 0.6 is 0 Å². The van der Waals surface area contributed by atoms with Crippen molar-refractivity contribution in [2.24, 2.45) is 5.92 Å². The molecule has 0 aliphatic carbocycles. The van der Waals surface area contributed by atoms with E-state index in [0.29, 0.717) is 6.42 Å². The molecule has 4 amide bonds. The van der Waals surface area contributed by atoms with Gasteiger partial charge in [-0.2, -0.15) is 0 Å². The maximum Gasteiger partial charge on any atom is 0.332 e. The Morgan fingerprint density at radius 2 is 1.56 bits per heavy atom. The van der Waals surface area contributed by atoms with Gasteiger partial charge in [-0.1, -0.05) is 6.92 Å². The summed E-state index contributed by atoms with van der Waals surface area (Å²) in [5, 5.41) is 0. The molecule has 1 aliphatic heterocycles. The third-order valence-corrected chi connectivity index (χ3v) is 2.55. The van der Waals surface area contributed by atoms with Crippen molar-refractivity contribution in [1.82, 2.24) is 9.80 Å². The average Bonchev–Trinajstić information content (AvgIpc) is 2.24. The molecule has 0 bridgehead atoms. The molecule has 1 fully saturated rings. The highest BCUT2D eigenvalue weighted by Crippen LogP contribution is 2.17. The number of hydrogen-bond donors (Lipinski definition) is 0. The Bertz CT molecular complexity index is 340. The zero-order valence-electron chi connectivity index (χ0n) is 9.52. The van der Waals surface area contributed by atoms with E-state index in [1.807, 2.05) is 0 Å². The first-order chi connectivity index (χ1) is 7.41. The summed E-state index contributed by atoms with van der Waals surface area (Å²) in [5.74, 6) is -3.23. The number of barbiturate groups is 1. The van der Waals surface area contributed by atoms with Gasteiger partial charge in [0, 0.05) is 20.5 Å². The van der Waals surface area contributed by atoms with Crippen LogP contribution in [0.5, 0.6) is 0 Å². The molecule has 88 valence electrons. The normalized spacial score (nSPS) is 18.3. The van der Waals surface area contributed by atoms with Gasteiger partial charge in [0.05, 0.1) is 0 Å². The van der Waals surface area contributed by atoms with Gasteiger partial charge in [0.15, 0.2) is 11.7 Å². The van der Waals surface area contributed by atoms with Crippen LogP contribution in [0.2, 0.25) is 0 Å². The summed E-state index contributed by atoms with van der Waals surface area (Å²) in [6.07, 6.45) is 0.731. The molecule has 16 heavy (non-hydrogen) atoms. The Morgan fingerprint density at radius 1 is 1.12 bits per heavy atom. The summed E-state index contributed by atoms with van der Waals surface area (Å²) in [6.45, 7) is 1.79. The fraction of sp³-hybridized carbons (Fsp3) is 0.600. The smallest absolute Gasteiger partial charge is 0.298 e. The van der Waals surface area contributed by atoms with Crippen molar-refractivity contribution in [3.63, 3.8) is 0 Å². The number of rotatable bonds is 3. The van der Waals surface area contributed by atoms with Crippen molar-refractivity contribution >= 4 is 23.6 Å². The third-order valence-electron chi connectivity index (χ3n) is 2.55. The maximum absolute atomic E-state index is 11.6. The first-order valence-corrected chi connectivity index (χ1v) is 5.03. The number of carbonyl (C=O) groups is 4. The van der Waals surface area contributed by atoms with Crippen LogP contribution in [-0.4, -0.2) is 47.5 Å². The summed E-state index contributed by atoms with van der Waals surface area (Å²) in [6, 6.07) is -0.699. The van der Waals surface area contributed by atoms with Gasteiger partial charge in [-0.25, -0.2) is 4.79 Å². The largest absolute Gasteiger partial charge is 0.332 e. The Morgan fingerprint density at radius 3 is 1.94 bits per heavy atom. The third kappa shape index (κ3) is 1.82. The molecule has 0 radical (unpaired) electrons. The quantitative estimate of drug-likeness (QED) is 0.636. The van der Waals surface area contributed by atoms with Crippen molar-refractivity contribution in [2.45, 2.75) is 19.8 Å². The Kier molecular flexibility index (Phi) is 3.41. The summed E-state index contributed by atoms with van der Waals surface area (Å²) in [4.78, 5) is 47.9. The number of imide groups is 2. The van der Waals surface area contributed by atoms with Crippen LogP contribution in [0, 0.1) is 5.92 Å². The lowest BCUT2D eigenvalue weighted by Gasteiger charge is -2.31. The maximum atomic E-state index is 11.6. The monoisotopic (exact) mass is 226 g/mol. The molecule has 6 heteroatoms. The molecule has 0 aromatic heterocycles. The van der Waals surface area contributed by atoms with Crippen LogP contribution in [0.3, 0.4) is 0 Å². The van der Waals surface area contributed by atoms with Crippen LogP contribution < -0.4 is 0 Å². The number of ketones is 1. The molecule has 1 aliphatic rings. The zero-order chi connectivity index (χ0) is 12.5. The van der Waals surface area contributed by atoms with Crippen LogP contribution in [-0.2, 0) is 14.4 Å². The minimum Gasteiger partial charge on any atom is -0.298 e. The van der Waals surface area contributed by atoms with Gasteiger partial charge in [-0.15, -0.1) is 0 Å². The predicted octanol–water partition coefficient (Wildman–Crippen LogP) is 0.0222. The van der Waals surface area contributed by atoms with Crippen molar-refractivity contribution in [2.75, 3.05) is 14.1 Å². The molecule has 1 rings (SSSR count). The molecule has 0 aromatic rings. The summed E-state index contributed by atoms with van der Waals surface area (Å²) >= 11 is 0. The molecule has 0 spiro atoms. The van der Waals surface area contributed by atoms with Crippen molar-refractivity contribution in [3.05, 3.63) is 0 Å². The van der Waals surface area contributed by atoms with Crippen molar-refractivity contribution < 1.29 is 19.2 Å². The Labute approximate surface area is 93.2 Å². The van der Waals surface area contributed by atoms with Crippen molar-refractivity contribution in [3.8, 4) is 0 Å². The molecule has 0 saturated carbocycles. The standard InChI is InChI=1S/C10H14N2O4/c1-4-5-6(13)7-8(14)11(2)10(16)12(3)9(7)15/h7H,4-5H2,1-3H3. The fourth-order valence-electron chi connectivity index (χ4n) is 1.57. The number of hydrogen-bond acceptors (Lipinski definition) is 4. The van der Waals surface area contributed by atoms with Crippen LogP contribution in [0.4, 0.5) is 4.79 Å².